The van der Waals surface area contributed by atoms with Crippen molar-refractivity contribution in [2.45, 2.75) is 46.3 Å². The van der Waals surface area contributed by atoms with Crippen molar-refractivity contribution < 1.29 is 28.7 Å². The van der Waals surface area contributed by atoms with Gasteiger partial charge in [0.25, 0.3) is 0 Å². The number of rotatable bonds is 11. The molecule has 1 aromatic heterocycles. The van der Waals surface area contributed by atoms with Gasteiger partial charge in [-0.1, -0.05) is 55.5 Å². The van der Waals surface area contributed by atoms with Gasteiger partial charge in [0.05, 0.1) is 25.9 Å². The summed E-state index contributed by atoms with van der Waals surface area (Å²) >= 11 is 0. The molecule has 0 saturated carbocycles. The normalized spacial score (nSPS) is 11.1. The molecule has 0 bridgehead atoms. The number of amides is 3. The van der Waals surface area contributed by atoms with Crippen LogP contribution in [0.3, 0.4) is 0 Å². The Morgan fingerprint density at radius 3 is 2.11 bits per heavy atom. The maximum absolute atomic E-state index is 12.6. The number of alkyl carbamates (subject to hydrolysis) is 2. The van der Waals surface area contributed by atoms with Gasteiger partial charge in [-0.15, -0.1) is 0 Å². The zero-order chi connectivity index (χ0) is 32.6. The van der Waals surface area contributed by atoms with Crippen LogP contribution < -0.4 is 10.6 Å². The van der Waals surface area contributed by atoms with Crippen LogP contribution in [0.5, 0.6) is 0 Å². The predicted molar refractivity (Wildman–Crippen MR) is 172 cm³/mol. The van der Waals surface area contributed by atoms with Crippen molar-refractivity contribution in [3.8, 4) is 22.4 Å². The van der Waals surface area contributed by atoms with Crippen molar-refractivity contribution in [1.82, 2.24) is 25.5 Å². The standard InChI is InChI=1S/C34H39N5O6/c1-6-15-39(31(41)20-37-32(42)44-5)21-30-35-18-28(38-30)27-14-13-25-16-24(11-12-26(25)17-27)22-7-9-23(10-8-22)29(40)19-36-33(43)45-34(2,3)4/h7-14,16-18H,6,15,19-21H2,1-5H3,(H,35,38)(H,36,43)(H,37,42). The van der Waals surface area contributed by atoms with Gasteiger partial charge in [0.15, 0.2) is 5.78 Å². The summed E-state index contributed by atoms with van der Waals surface area (Å²) in [6.45, 7) is 7.79. The number of ketones is 1. The van der Waals surface area contributed by atoms with E-state index in [0.29, 0.717) is 17.9 Å². The smallest absolute Gasteiger partial charge is 0.408 e. The highest BCUT2D eigenvalue weighted by molar-refractivity contribution is 5.99. The number of methoxy groups -OCH3 is 1. The third kappa shape index (κ3) is 9.15. The van der Waals surface area contributed by atoms with Crippen LogP contribution in [0.2, 0.25) is 0 Å². The van der Waals surface area contributed by atoms with Gasteiger partial charge in [-0.25, -0.2) is 14.6 Å². The first-order valence-electron chi connectivity index (χ1n) is 14.7. The van der Waals surface area contributed by atoms with E-state index in [1.807, 2.05) is 49.5 Å². The fraction of sp³-hybridized carbons (Fsp3) is 0.324. The highest BCUT2D eigenvalue weighted by Gasteiger charge is 2.18. The molecule has 3 amide bonds. The lowest BCUT2D eigenvalue weighted by Crippen LogP contribution is -2.40. The van der Waals surface area contributed by atoms with Crippen LogP contribution in [0.1, 0.15) is 50.3 Å². The van der Waals surface area contributed by atoms with Gasteiger partial charge < -0.3 is 30.0 Å². The third-order valence-corrected chi connectivity index (χ3v) is 6.86. The molecule has 11 nitrogen and oxygen atoms in total. The Labute approximate surface area is 262 Å². The summed E-state index contributed by atoms with van der Waals surface area (Å²) < 4.78 is 9.72. The van der Waals surface area contributed by atoms with Gasteiger partial charge in [-0.3, -0.25) is 9.59 Å². The number of aromatic nitrogens is 2. The number of benzene rings is 3. The number of H-pyrrole nitrogens is 1. The number of nitrogens with one attached hydrogen (secondary N) is 3. The van der Waals surface area contributed by atoms with Crippen LogP contribution in [0.25, 0.3) is 33.2 Å². The third-order valence-electron chi connectivity index (χ3n) is 6.86. The Kier molecular flexibility index (Phi) is 10.6. The number of ether oxygens (including phenoxy) is 2. The molecule has 4 rings (SSSR count). The van der Waals surface area contributed by atoms with Crippen molar-refractivity contribution >= 4 is 34.6 Å². The summed E-state index contributed by atoms with van der Waals surface area (Å²) in [6.07, 6.45) is 1.30. The number of hydrogen-bond acceptors (Lipinski definition) is 7. The largest absolute Gasteiger partial charge is 0.453 e. The van der Waals surface area contributed by atoms with Gasteiger partial charge in [0.2, 0.25) is 5.91 Å². The lowest BCUT2D eigenvalue weighted by Gasteiger charge is -2.21. The molecule has 45 heavy (non-hydrogen) atoms. The van der Waals surface area contributed by atoms with Crippen LogP contribution in [0.4, 0.5) is 9.59 Å². The first-order chi connectivity index (χ1) is 21.5. The van der Waals surface area contributed by atoms with Crippen molar-refractivity contribution in [3.63, 3.8) is 0 Å². The Morgan fingerprint density at radius 1 is 0.844 bits per heavy atom. The molecule has 3 aromatic carbocycles. The van der Waals surface area contributed by atoms with Crippen molar-refractivity contribution in [2.75, 3.05) is 26.7 Å². The topological polar surface area (TPSA) is 143 Å². The molecule has 236 valence electrons. The number of aromatic amines is 1. The number of hydrogen-bond donors (Lipinski definition) is 3. The Hall–Kier alpha value is -5.19. The predicted octanol–water partition coefficient (Wildman–Crippen LogP) is 5.70. The molecule has 0 saturated heterocycles. The summed E-state index contributed by atoms with van der Waals surface area (Å²) in [5, 5.41) is 7.01. The first kappa shape index (κ1) is 32.7. The minimum absolute atomic E-state index is 0.145. The molecule has 0 atom stereocenters. The van der Waals surface area contributed by atoms with E-state index in [1.54, 1.807) is 37.8 Å². The zero-order valence-corrected chi connectivity index (χ0v) is 26.2. The summed E-state index contributed by atoms with van der Waals surface area (Å²) in [5.74, 6) is 0.209. The summed E-state index contributed by atoms with van der Waals surface area (Å²) in [7, 11) is 1.25. The molecule has 3 N–H and O–H groups in total. The Balaban J connectivity index is 1.41. The Bertz CT molecular complexity index is 1670. The molecule has 0 radical (unpaired) electrons. The number of imidazole rings is 1. The first-order valence-corrected chi connectivity index (χ1v) is 14.7. The molecule has 0 spiro atoms. The average Bonchev–Trinajstić information content (AvgIpc) is 3.49. The lowest BCUT2D eigenvalue weighted by molar-refractivity contribution is -0.130. The summed E-state index contributed by atoms with van der Waals surface area (Å²) in [4.78, 5) is 57.9. The number of carbonyl (C=O) groups excluding carboxylic acids is 4. The molecular formula is C34H39N5O6. The number of Topliss-reactive ketones (excluding diaryl/α,β-unsaturated/α-hetero) is 1. The molecular weight excluding hydrogens is 574 g/mol. The fourth-order valence-electron chi connectivity index (χ4n) is 4.67. The maximum Gasteiger partial charge on any atom is 0.408 e. The number of fused-ring (bicyclic) bond motifs is 1. The molecule has 0 fully saturated rings. The molecule has 0 aliphatic rings. The van der Waals surface area contributed by atoms with Gasteiger partial charge in [0, 0.05) is 23.9 Å². The second kappa shape index (κ2) is 14.5. The van der Waals surface area contributed by atoms with Gasteiger partial charge in [-0.05, 0) is 61.2 Å². The van der Waals surface area contributed by atoms with Gasteiger partial charge >= 0.3 is 12.2 Å². The highest BCUT2D eigenvalue weighted by atomic mass is 16.6. The molecule has 0 aliphatic heterocycles. The molecule has 0 aliphatic carbocycles. The summed E-state index contributed by atoms with van der Waals surface area (Å²) in [5.41, 5.74) is 3.52. The van der Waals surface area contributed by atoms with Crippen LogP contribution in [-0.4, -0.2) is 71.1 Å². The second-order valence-corrected chi connectivity index (χ2v) is 11.5. The fourth-order valence-corrected chi connectivity index (χ4v) is 4.67. The summed E-state index contributed by atoms with van der Waals surface area (Å²) in [6, 6.07) is 19.5. The average molecular weight is 614 g/mol. The van der Waals surface area contributed by atoms with E-state index >= 15 is 0 Å². The van der Waals surface area contributed by atoms with Crippen LogP contribution in [0, 0.1) is 0 Å². The van der Waals surface area contributed by atoms with Crippen molar-refractivity contribution in [2.24, 2.45) is 0 Å². The second-order valence-electron chi connectivity index (χ2n) is 11.5. The lowest BCUT2D eigenvalue weighted by atomic mass is 9.98. The van der Waals surface area contributed by atoms with E-state index in [-0.39, 0.29) is 31.3 Å². The van der Waals surface area contributed by atoms with Crippen LogP contribution >= 0.6 is 0 Å². The number of nitrogens with zero attached hydrogens (tertiary/aromatic N) is 2. The maximum atomic E-state index is 12.6. The van der Waals surface area contributed by atoms with E-state index in [2.05, 4.69) is 32.5 Å². The quantitative estimate of drug-likeness (QED) is 0.184. The van der Waals surface area contributed by atoms with Gasteiger partial charge in [-0.2, -0.15) is 0 Å². The monoisotopic (exact) mass is 613 g/mol. The van der Waals surface area contributed by atoms with Crippen LogP contribution in [0.15, 0.2) is 66.9 Å². The highest BCUT2D eigenvalue weighted by Crippen LogP contribution is 2.28. The molecule has 0 unspecified atom stereocenters. The van der Waals surface area contributed by atoms with E-state index in [0.717, 1.165) is 39.6 Å². The number of carbonyl (C=O) groups is 4. The van der Waals surface area contributed by atoms with E-state index in [9.17, 15) is 19.2 Å². The van der Waals surface area contributed by atoms with E-state index in [4.69, 9.17) is 9.72 Å². The van der Waals surface area contributed by atoms with Crippen molar-refractivity contribution in [1.29, 1.82) is 0 Å². The van der Waals surface area contributed by atoms with E-state index in [1.165, 1.54) is 7.11 Å². The van der Waals surface area contributed by atoms with Crippen LogP contribution in [-0.2, 0) is 20.8 Å². The van der Waals surface area contributed by atoms with E-state index < -0.39 is 17.8 Å². The van der Waals surface area contributed by atoms with Crippen molar-refractivity contribution in [3.05, 3.63) is 78.2 Å². The minimum atomic E-state index is -0.653. The zero-order valence-electron chi connectivity index (χ0n) is 26.2. The minimum Gasteiger partial charge on any atom is -0.453 e. The molecule has 1 heterocycles. The SMILES string of the molecule is CCCN(Cc1nc(-c2ccc3cc(-c4ccc(C(=O)CNC(=O)OC(C)(C)C)cc4)ccc3c2)c[nH]1)C(=O)CNC(=O)OC. The van der Waals surface area contributed by atoms with Gasteiger partial charge in [0.1, 0.15) is 18.0 Å². The molecule has 4 aromatic rings. The molecule has 11 heteroatoms. The Morgan fingerprint density at radius 2 is 1.47 bits per heavy atom.